The molecule has 0 spiro atoms. The van der Waals surface area contributed by atoms with Crippen LogP contribution in [0.4, 0.5) is 4.79 Å². The highest BCUT2D eigenvalue weighted by atomic mass is 31.0. The van der Waals surface area contributed by atoms with Gasteiger partial charge in [-0.05, 0) is 57.7 Å². The minimum absolute atomic E-state index is 0.233. The Bertz CT molecular complexity index is 380. The summed E-state index contributed by atoms with van der Waals surface area (Å²) in [6, 6.07) is 0. The number of esters is 1. The number of rotatable bonds is 4. The largest absolute Gasteiger partial charge is 0.454 e. The molecule has 0 aromatic carbocycles. The molecule has 1 unspecified atom stereocenters. The number of hydrogen-bond acceptors (Lipinski definition) is 3. The highest BCUT2D eigenvalue weighted by molar-refractivity contribution is 7.39. The molecular formula is C13H24NO3P. The van der Waals surface area contributed by atoms with Crippen molar-refractivity contribution in [1.82, 2.24) is 5.32 Å². The van der Waals surface area contributed by atoms with Crippen LogP contribution in [0, 0.1) is 0 Å². The number of carbonyl (C=O) groups is 2. The van der Waals surface area contributed by atoms with Crippen LogP contribution in [-0.4, -0.2) is 22.8 Å². The van der Waals surface area contributed by atoms with Gasteiger partial charge in [0.25, 0.3) is 0 Å². The maximum absolute atomic E-state index is 11.9. The lowest BCUT2D eigenvalue weighted by Crippen LogP contribution is -2.58. The highest BCUT2D eigenvalue weighted by Gasteiger charge is 2.41. The summed E-state index contributed by atoms with van der Waals surface area (Å²) in [7, 11) is 2.06. The first-order valence-corrected chi connectivity index (χ1v) is 6.43. The molecule has 0 rings (SSSR count). The minimum atomic E-state index is -0.812. The Labute approximate surface area is 112 Å². The first kappa shape index (κ1) is 17.1. The smallest absolute Gasteiger partial charge is 0.334 e. The normalized spacial score (nSPS) is 11.8. The van der Waals surface area contributed by atoms with Crippen LogP contribution in [0.2, 0.25) is 0 Å². The zero-order chi connectivity index (χ0) is 14.7. The summed E-state index contributed by atoms with van der Waals surface area (Å²) >= 11 is 0. The van der Waals surface area contributed by atoms with Gasteiger partial charge in [0.15, 0.2) is 0 Å². The van der Waals surface area contributed by atoms with Gasteiger partial charge in [-0.25, -0.2) is 4.79 Å². The molecule has 5 heteroatoms. The number of carbonyl (C=O) groups excluding carboxylic acids is 2. The number of allylic oxidation sites excluding steroid dienone is 1. The molecule has 1 atom stereocenters. The molecule has 0 radical (unpaired) electrons. The Kier molecular flexibility index (Phi) is 5.55. The SMILES string of the molecule is CC(C)=C(C)C(=O)OC(C)(C)C(C)(C)NC(=O)P. The molecule has 0 aromatic heterocycles. The van der Waals surface area contributed by atoms with Gasteiger partial charge in [0.1, 0.15) is 5.60 Å². The van der Waals surface area contributed by atoms with Crippen LogP contribution >= 0.6 is 9.24 Å². The van der Waals surface area contributed by atoms with Crippen molar-refractivity contribution >= 4 is 20.9 Å². The van der Waals surface area contributed by atoms with Crippen molar-refractivity contribution in [3.05, 3.63) is 11.1 Å². The van der Waals surface area contributed by atoms with Crippen LogP contribution in [0.5, 0.6) is 0 Å². The Morgan fingerprint density at radius 3 is 1.83 bits per heavy atom. The predicted octanol–water partition coefficient (Wildman–Crippen LogP) is 3.03. The van der Waals surface area contributed by atoms with Gasteiger partial charge in [-0.15, -0.1) is 0 Å². The summed E-state index contributed by atoms with van der Waals surface area (Å²) in [4.78, 5) is 23.1. The van der Waals surface area contributed by atoms with E-state index in [1.165, 1.54) is 0 Å². The number of nitrogens with one attached hydrogen (secondary N) is 1. The molecule has 0 saturated heterocycles. The molecule has 1 amide bonds. The Morgan fingerprint density at radius 1 is 1.06 bits per heavy atom. The van der Waals surface area contributed by atoms with Crippen molar-refractivity contribution in [3.63, 3.8) is 0 Å². The number of amides is 1. The van der Waals surface area contributed by atoms with Crippen LogP contribution in [0.3, 0.4) is 0 Å². The zero-order valence-corrected chi connectivity index (χ0v) is 13.5. The van der Waals surface area contributed by atoms with Crippen LogP contribution in [-0.2, 0) is 9.53 Å². The Balaban J connectivity index is 5.02. The zero-order valence-electron chi connectivity index (χ0n) is 12.3. The van der Waals surface area contributed by atoms with E-state index in [2.05, 4.69) is 14.6 Å². The molecule has 0 fully saturated rings. The minimum Gasteiger partial charge on any atom is -0.454 e. The van der Waals surface area contributed by atoms with E-state index in [1.807, 2.05) is 27.7 Å². The van der Waals surface area contributed by atoms with Crippen LogP contribution in [0.15, 0.2) is 11.1 Å². The highest BCUT2D eigenvalue weighted by Crippen LogP contribution is 2.27. The third-order valence-corrected chi connectivity index (χ3v) is 3.49. The second kappa shape index (κ2) is 5.83. The van der Waals surface area contributed by atoms with Gasteiger partial charge in [0, 0.05) is 5.57 Å². The van der Waals surface area contributed by atoms with Gasteiger partial charge in [0.05, 0.1) is 5.54 Å². The average molecular weight is 273 g/mol. The first-order chi connectivity index (χ1) is 7.90. The molecule has 104 valence electrons. The lowest BCUT2D eigenvalue weighted by atomic mass is 9.85. The van der Waals surface area contributed by atoms with Gasteiger partial charge < -0.3 is 10.1 Å². The molecule has 0 aliphatic rings. The summed E-state index contributed by atoms with van der Waals surface area (Å²) < 4.78 is 5.51. The van der Waals surface area contributed by atoms with E-state index in [1.54, 1.807) is 20.8 Å². The number of hydrogen-bond donors (Lipinski definition) is 1. The lowest BCUT2D eigenvalue weighted by Gasteiger charge is -2.41. The van der Waals surface area contributed by atoms with Gasteiger partial charge in [0.2, 0.25) is 5.65 Å². The second-order valence-electron chi connectivity index (χ2n) is 5.64. The summed E-state index contributed by atoms with van der Waals surface area (Å²) in [6.07, 6.45) is 0. The second-order valence-corrected chi connectivity index (χ2v) is 6.16. The van der Waals surface area contributed by atoms with Crippen molar-refractivity contribution in [2.75, 3.05) is 0 Å². The van der Waals surface area contributed by atoms with Gasteiger partial charge in [-0.1, -0.05) is 5.57 Å². The molecule has 18 heavy (non-hydrogen) atoms. The molecular weight excluding hydrogens is 249 g/mol. The third kappa shape index (κ3) is 4.41. The topological polar surface area (TPSA) is 55.4 Å². The van der Waals surface area contributed by atoms with E-state index >= 15 is 0 Å². The van der Waals surface area contributed by atoms with Crippen LogP contribution in [0.1, 0.15) is 48.5 Å². The summed E-state index contributed by atoms with van der Waals surface area (Å²) in [5, 5.41) is 2.76. The monoisotopic (exact) mass is 273 g/mol. The van der Waals surface area contributed by atoms with E-state index in [9.17, 15) is 9.59 Å². The lowest BCUT2D eigenvalue weighted by molar-refractivity contribution is -0.158. The molecule has 0 aliphatic carbocycles. The van der Waals surface area contributed by atoms with Gasteiger partial charge in [-0.3, -0.25) is 4.79 Å². The molecule has 0 heterocycles. The molecule has 0 aliphatic heterocycles. The quantitative estimate of drug-likeness (QED) is 0.486. The molecule has 1 N–H and O–H groups in total. The van der Waals surface area contributed by atoms with E-state index in [4.69, 9.17) is 4.74 Å². The fraction of sp³-hybridized carbons (Fsp3) is 0.692. The van der Waals surface area contributed by atoms with Crippen molar-refractivity contribution in [3.8, 4) is 0 Å². The average Bonchev–Trinajstić information content (AvgIpc) is 2.13. The van der Waals surface area contributed by atoms with E-state index in [-0.39, 0.29) is 11.6 Å². The third-order valence-electron chi connectivity index (χ3n) is 3.34. The first-order valence-electron chi connectivity index (χ1n) is 5.86. The van der Waals surface area contributed by atoms with Crippen molar-refractivity contribution < 1.29 is 14.3 Å². The summed E-state index contributed by atoms with van der Waals surface area (Å²) in [5.74, 6) is -0.355. The Morgan fingerprint density at radius 2 is 1.50 bits per heavy atom. The van der Waals surface area contributed by atoms with Gasteiger partial charge in [-0.2, -0.15) is 0 Å². The molecule has 0 bridgehead atoms. The van der Waals surface area contributed by atoms with Crippen molar-refractivity contribution in [2.24, 2.45) is 0 Å². The molecule has 0 aromatic rings. The van der Waals surface area contributed by atoms with Crippen molar-refractivity contribution in [2.45, 2.75) is 59.6 Å². The standard InChI is InChI=1S/C13H24NO3P/c1-8(2)9(3)10(15)17-13(6,7)12(4,5)14-11(16)18/h18H2,1-7H3,(H,14,16). The maximum atomic E-state index is 11.9. The number of ether oxygens (including phenoxy) is 1. The van der Waals surface area contributed by atoms with Crippen LogP contribution < -0.4 is 5.32 Å². The molecule has 0 saturated carbocycles. The predicted molar refractivity (Wildman–Crippen MR) is 76.5 cm³/mol. The Hall–Kier alpha value is -0.890. The summed E-state index contributed by atoms with van der Waals surface area (Å²) in [5.41, 5.74) is -0.195. The fourth-order valence-electron chi connectivity index (χ4n) is 1.10. The van der Waals surface area contributed by atoms with E-state index < -0.39 is 11.1 Å². The van der Waals surface area contributed by atoms with Crippen molar-refractivity contribution in [1.29, 1.82) is 0 Å². The van der Waals surface area contributed by atoms with Gasteiger partial charge >= 0.3 is 5.97 Å². The molecule has 4 nitrogen and oxygen atoms in total. The van der Waals surface area contributed by atoms with E-state index in [0.29, 0.717) is 5.57 Å². The van der Waals surface area contributed by atoms with E-state index in [0.717, 1.165) is 5.57 Å². The maximum Gasteiger partial charge on any atom is 0.334 e. The summed E-state index contributed by atoms with van der Waals surface area (Å²) in [6.45, 7) is 12.7. The van der Waals surface area contributed by atoms with Crippen LogP contribution in [0.25, 0.3) is 0 Å². The fourth-order valence-corrected chi connectivity index (χ4v) is 1.46.